The molecule has 1 aromatic heterocycles. The summed E-state index contributed by atoms with van der Waals surface area (Å²) in [6, 6.07) is 10.2. The molecule has 0 bridgehead atoms. The van der Waals surface area contributed by atoms with Gasteiger partial charge in [-0.2, -0.15) is 10.2 Å². The number of aromatic nitrogens is 1. The molecular weight excluding hydrogens is 552 g/mol. The molecule has 0 spiro atoms. The number of amides is 1. The molecule has 9 nitrogen and oxygen atoms in total. The molecule has 41 heavy (non-hydrogen) atoms. The van der Waals surface area contributed by atoms with Gasteiger partial charge in [0.2, 0.25) is 5.91 Å². The Balaban J connectivity index is 1.31. The number of anilines is 2. The van der Waals surface area contributed by atoms with E-state index in [1.807, 2.05) is 29.2 Å². The number of rotatable bonds is 6. The van der Waals surface area contributed by atoms with Crippen molar-refractivity contribution in [3.05, 3.63) is 30.0 Å². The molecule has 1 aromatic carbocycles. The number of sulfone groups is 1. The molecule has 12 heteroatoms. The Morgan fingerprint density at radius 3 is 2.29 bits per heavy atom. The first-order chi connectivity index (χ1) is 19.6. The minimum absolute atomic E-state index is 0.124. The van der Waals surface area contributed by atoms with Gasteiger partial charge in [0, 0.05) is 62.1 Å². The summed E-state index contributed by atoms with van der Waals surface area (Å²) >= 11 is 0. The average Bonchev–Trinajstić information content (AvgIpc) is 3.60. The fourth-order valence-corrected chi connectivity index (χ4v) is 7.42. The van der Waals surface area contributed by atoms with E-state index in [9.17, 15) is 27.3 Å². The van der Waals surface area contributed by atoms with Crippen molar-refractivity contribution < 1.29 is 26.4 Å². The smallest absolute Gasteiger partial charge is 0.298 e. The molecule has 1 amide bonds. The maximum absolute atomic E-state index is 13.9. The third-order valence-corrected chi connectivity index (χ3v) is 10.6. The maximum atomic E-state index is 13.9. The fourth-order valence-electron chi connectivity index (χ4n) is 6.22. The van der Waals surface area contributed by atoms with Gasteiger partial charge in [-0.1, -0.05) is 25.0 Å². The molecule has 6 rings (SSSR count). The minimum atomic E-state index is -3.00. The van der Waals surface area contributed by atoms with Crippen LogP contribution in [0.4, 0.5) is 20.5 Å². The van der Waals surface area contributed by atoms with Crippen LogP contribution in [0.5, 0.6) is 0 Å². The van der Waals surface area contributed by atoms with E-state index in [0.717, 1.165) is 30.5 Å². The lowest BCUT2D eigenvalue weighted by atomic mass is 9.76. The van der Waals surface area contributed by atoms with E-state index in [1.54, 1.807) is 4.90 Å². The molecule has 2 aliphatic heterocycles. The van der Waals surface area contributed by atoms with E-state index in [2.05, 4.69) is 11.4 Å². The second-order valence-electron chi connectivity index (χ2n) is 11.9. The summed E-state index contributed by atoms with van der Waals surface area (Å²) < 4.78 is 57.9. The first kappa shape index (κ1) is 27.9. The van der Waals surface area contributed by atoms with Crippen LogP contribution in [0.1, 0.15) is 63.0 Å². The molecule has 1 N–H and O–H groups in total. The zero-order valence-electron chi connectivity index (χ0n) is 22.9. The second kappa shape index (κ2) is 10.6. The van der Waals surface area contributed by atoms with Crippen molar-refractivity contribution in [2.24, 2.45) is 5.92 Å². The number of nitriles is 1. The third kappa shape index (κ3) is 5.92. The zero-order valence-corrected chi connectivity index (χ0v) is 23.8. The van der Waals surface area contributed by atoms with E-state index >= 15 is 0 Å². The van der Waals surface area contributed by atoms with Crippen LogP contribution >= 0.6 is 0 Å². The van der Waals surface area contributed by atoms with Crippen molar-refractivity contribution >= 4 is 27.4 Å². The maximum Gasteiger partial charge on any atom is 0.298 e. The Morgan fingerprint density at radius 1 is 1.00 bits per heavy atom. The number of halogens is 2. The standard InChI is InChI=1S/C29H35F2N5O4S/c30-29(31)11-13-36(14-12-29)27-33-24(20-5-7-21(8-6-20)35-15-17-41(38,39)18-16-35)25(40-27)22-3-1-2-4-23(22)26(37)34-28(19-32)9-10-28/h5-8,22-23H,1-4,9-18H2,(H,34,37). The normalized spacial score (nSPS) is 26.7. The van der Waals surface area contributed by atoms with Crippen LogP contribution in [-0.4, -0.2) is 68.5 Å². The summed E-state index contributed by atoms with van der Waals surface area (Å²) in [7, 11) is -3.00. The average molecular weight is 588 g/mol. The van der Waals surface area contributed by atoms with Gasteiger partial charge < -0.3 is 19.5 Å². The fraction of sp³-hybridized carbons (Fsp3) is 0.621. The SMILES string of the molecule is N#CC1(NC(=O)C2CCCCC2c2oc(N3CCC(F)(F)CC3)nc2-c2ccc(N3CCS(=O)(=O)CC3)cc2)CC1. The Morgan fingerprint density at radius 2 is 1.66 bits per heavy atom. The Kier molecular flexibility index (Phi) is 7.20. The summed E-state index contributed by atoms with van der Waals surface area (Å²) in [5, 5.41) is 12.5. The van der Waals surface area contributed by atoms with Crippen LogP contribution in [0, 0.1) is 17.2 Å². The van der Waals surface area contributed by atoms with Crippen LogP contribution in [0.2, 0.25) is 0 Å². The second-order valence-corrected chi connectivity index (χ2v) is 14.2. The highest BCUT2D eigenvalue weighted by molar-refractivity contribution is 7.91. The van der Waals surface area contributed by atoms with E-state index in [0.29, 0.717) is 43.8 Å². The van der Waals surface area contributed by atoms with E-state index in [1.165, 1.54) is 0 Å². The molecule has 2 unspecified atom stereocenters. The van der Waals surface area contributed by atoms with Crippen LogP contribution in [0.25, 0.3) is 11.3 Å². The number of nitrogens with one attached hydrogen (secondary N) is 1. The van der Waals surface area contributed by atoms with Gasteiger partial charge in [-0.3, -0.25) is 4.79 Å². The van der Waals surface area contributed by atoms with Gasteiger partial charge in [0.05, 0.1) is 17.6 Å². The molecule has 2 atom stereocenters. The number of alkyl halides is 2. The molecule has 2 saturated heterocycles. The van der Waals surface area contributed by atoms with Gasteiger partial charge in [0.25, 0.3) is 11.9 Å². The van der Waals surface area contributed by atoms with Gasteiger partial charge in [0.15, 0.2) is 9.84 Å². The van der Waals surface area contributed by atoms with Crippen molar-refractivity contribution in [3.8, 4) is 17.3 Å². The number of benzene rings is 1. The molecule has 4 fully saturated rings. The number of piperidine rings is 1. The Bertz CT molecular complexity index is 1420. The van der Waals surface area contributed by atoms with E-state index < -0.39 is 21.3 Å². The molecule has 220 valence electrons. The quantitative estimate of drug-likeness (QED) is 0.533. The zero-order chi connectivity index (χ0) is 28.8. The molecule has 3 heterocycles. The summed E-state index contributed by atoms with van der Waals surface area (Å²) in [4.78, 5) is 22.0. The third-order valence-electron chi connectivity index (χ3n) is 9.02. The summed E-state index contributed by atoms with van der Waals surface area (Å²) in [5.41, 5.74) is 1.52. The monoisotopic (exact) mass is 587 g/mol. The molecular formula is C29H35F2N5O4S. The number of nitrogens with zero attached hydrogens (tertiary/aromatic N) is 4. The topological polar surface area (TPSA) is 120 Å². The van der Waals surface area contributed by atoms with Crippen molar-refractivity contribution in [1.82, 2.24) is 10.3 Å². The van der Waals surface area contributed by atoms with Crippen molar-refractivity contribution in [3.63, 3.8) is 0 Å². The molecule has 2 saturated carbocycles. The first-order valence-electron chi connectivity index (χ1n) is 14.5. The lowest BCUT2D eigenvalue weighted by Crippen LogP contribution is -2.42. The lowest BCUT2D eigenvalue weighted by Gasteiger charge is -2.31. The van der Waals surface area contributed by atoms with Gasteiger partial charge in [-0.05, 0) is 37.8 Å². The van der Waals surface area contributed by atoms with Crippen LogP contribution in [-0.2, 0) is 14.6 Å². The van der Waals surface area contributed by atoms with Crippen LogP contribution < -0.4 is 15.1 Å². The summed E-state index contributed by atoms with van der Waals surface area (Å²) in [6.07, 6.45) is 3.96. The largest absolute Gasteiger partial charge is 0.428 e. The lowest BCUT2D eigenvalue weighted by molar-refractivity contribution is -0.127. The molecule has 2 aliphatic carbocycles. The Labute approximate surface area is 238 Å². The van der Waals surface area contributed by atoms with Crippen molar-refractivity contribution in [2.45, 2.75) is 68.7 Å². The van der Waals surface area contributed by atoms with Gasteiger partial charge in [0.1, 0.15) is 17.0 Å². The van der Waals surface area contributed by atoms with Crippen molar-refractivity contribution in [2.75, 3.05) is 47.5 Å². The van der Waals surface area contributed by atoms with E-state index in [4.69, 9.17) is 9.40 Å². The Hall–Kier alpha value is -3.20. The highest BCUT2D eigenvalue weighted by Crippen LogP contribution is 2.45. The highest BCUT2D eigenvalue weighted by Gasteiger charge is 2.47. The van der Waals surface area contributed by atoms with Gasteiger partial charge >= 0.3 is 0 Å². The molecule has 4 aliphatic rings. The number of oxazole rings is 1. The summed E-state index contributed by atoms with van der Waals surface area (Å²) in [5.74, 6) is -2.66. The predicted octanol–water partition coefficient (Wildman–Crippen LogP) is 4.26. The summed E-state index contributed by atoms with van der Waals surface area (Å²) in [6.45, 7) is 1.12. The van der Waals surface area contributed by atoms with Gasteiger partial charge in [-0.25, -0.2) is 17.2 Å². The predicted molar refractivity (Wildman–Crippen MR) is 150 cm³/mol. The molecule has 0 radical (unpaired) electrons. The van der Waals surface area contributed by atoms with Crippen LogP contribution in [0.15, 0.2) is 28.7 Å². The number of hydrogen-bond acceptors (Lipinski definition) is 8. The number of carbonyl (C=O) groups is 1. The first-order valence-corrected chi connectivity index (χ1v) is 16.3. The minimum Gasteiger partial charge on any atom is -0.428 e. The van der Waals surface area contributed by atoms with Crippen LogP contribution in [0.3, 0.4) is 0 Å². The number of carbonyl (C=O) groups excluding carboxylic acids is 1. The van der Waals surface area contributed by atoms with Gasteiger partial charge in [-0.15, -0.1) is 0 Å². The number of hydrogen-bond donors (Lipinski definition) is 1. The van der Waals surface area contributed by atoms with Crippen molar-refractivity contribution in [1.29, 1.82) is 5.26 Å². The molecule has 2 aromatic rings. The van der Waals surface area contributed by atoms with E-state index in [-0.39, 0.29) is 61.2 Å². The highest BCUT2D eigenvalue weighted by atomic mass is 32.2.